The van der Waals surface area contributed by atoms with Gasteiger partial charge in [0.1, 0.15) is 0 Å². The van der Waals surface area contributed by atoms with Gasteiger partial charge in [-0.25, -0.2) is 4.79 Å². The number of nitrogens with zero attached hydrogens (tertiary/aromatic N) is 2. The van der Waals surface area contributed by atoms with E-state index in [0.717, 1.165) is 5.56 Å². The van der Waals surface area contributed by atoms with Crippen LogP contribution in [0.25, 0.3) is 0 Å². The van der Waals surface area contributed by atoms with Gasteiger partial charge in [-0.15, -0.1) is 0 Å². The third-order valence-corrected chi connectivity index (χ3v) is 3.27. The van der Waals surface area contributed by atoms with Crippen molar-refractivity contribution in [3.63, 3.8) is 0 Å². The van der Waals surface area contributed by atoms with E-state index in [4.69, 9.17) is 9.63 Å². The van der Waals surface area contributed by atoms with Gasteiger partial charge in [0.25, 0.3) is 0 Å². The molecule has 2 aromatic rings. The summed E-state index contributed by atoms with van der Waals surface area (Å²) in [6, 6.07) is 6.71. The summed E-state index contributed by atoms with van der Waals surface area (Å²) >= 11 is 0. The molecule has 0 aliphatic rings. The third kappa shape index (κ3) is 5.54. The first kappa shape index (κ1) is 16.7. The third-order valence-electron chi connectivity index (χ3n) is 3.27. The molecule has 0 aliphatic heterocycles. The highest BCUT2D eigenvalue weighted by Crippen LogP contribution is 2.06. The van der Waals surface area contributed by atoms with Crippen LogP contribution in [-0.2, 0) is 17.6 Å². The number of carbonyl (C=O) groups excluding carboxylic acids is 1. The lowest BCUT2D eigenvalue weighted by molar-refractivity contribution is -0.121. The Hall–Kier alpha value is -2.70. The van der Waals surface area contributed by atoms with E-state index in [-0.39, 0.29) is 11.5 Å². The highest BCUT2D eigenvalue weighted by atomic mass is 16.5. The molecule has 7 heteroatoms. The van der Waals surface area contributed by atoms with Gasteiger partial charge in [-0.1, -0.05) is 17.3 Å². The molecule has 0 saturated heterocycles. The molecule has 1 aromatic heterocycles. The highest BCUT2D eigenvalue weighted by molar-refractivity contribution is 5.87. The monoisotopic (exact) mass is 317 g/mol. The average Bonchev–Trinajstić information content (AvgIpc) is 2.93. The Morgan fingerprint density at radius 1 is 1.30 bits per heavy atom. The smallest absolute Gasteiger partial charge is 0.335 e. The SMILES string of the molecule is Cc1noc(CCCC(=O)NCCc2cccc(C(=O)O)c2)n1. The van der Waals surface area contributed by atoms with Crippen LogP contribution in [0.15, 0.2) is 28.8 Å². The lowest BCUT2D eigenvalue weighted by Crippen LogP contribution is -2.25. The number of nitrogens with one attached hydrogen (secondary N) is 1. The Labute approximate surface area is 133 Å². The van der Waals surface area contributed by atoms with Crippen molar-refractivity contribution in [1.29, 1.82) is 0 Å². The molecular formula is C16H19N3O4. The number of benzene rings is 1. The molecule has 0 bridgehead atoms. The molecule has 23 heavy (non-hydrogen) atoms. The number of hydrogen-bond donors (Lipinski definition) is 2. The Morgan fingerprint density at radius 3 is 2.83 bits per heavy atom. The first-order valence-corrected chi connectivity index (χ1v) is 7.42. The van der Waals surface area contributed by atoms with Crippen molar-refractivity contribution in [3.05, 3.63) is 47.1 Å². The zero-order chi connectivity index (χ0) is 16.7. The summed E-state index contributed by atoms with van der Waals surface area (Å²) in [6.45, 7) is 2.22. The summed E-state index contributed by atoms with van der Waals surface area (Å²) in [5.74, 6) is 0.136. The molecule has 122 valence electrons. The second-order valence-corrected chi connectivity index (χ2v) is 5.19. The molecule has 7 nitrogen and oxygen atoms in total. The van der Waals surface area contributed by atoms with Crippen LogP contribution in [0.1, 0.15) is 40.5 Å². The van der Waals surface area contributed by atoms with Gasteiger partial charge in [-0.2, -0.15) is 4.98 Å². The molecule has 1 amide bonds. The van der Waals surface area contributed by atoms with Crippen LogP contribution in [0.3, 0.4) is 0 Å². The molecule has 0 spiro atoms. The van der Waals surface area contributed by atoms with Gasteiger partial charge in [0.2, 0.25) is 11.8 Å². The number of amides is 1. The number of aromatic carboxylic acids is 1. The van der Waals surface area contributed by atoms with Crippen molar-refractivity contribution in [2.75, 3.05) is 6.54 Å². The van der Waals surface area contributed by atoms with Crippen LogP contribution in [0.5, 0.6) is 0 Å². The Balaban J connectivity index is 1.66. The molecule has 0 aliphatic carbocycles. The van der Waals surface area contributed by atoms with Crippen LogP contribution < -0.4 is 5.32 Å². The lowest BCUT2D eigenvalue weighted by Gasteiger charge is -2.05. The van der Waals surface area contributed by atoms with Crippen LogP contribution in [-0.4, -0.2) is 33.7 Å². The summed E-state index contributed by atoms with van der Waals surface area (Å²) < 4.78 is 4.97. The number of carbonyl (C=O) groups is 2. The van der Waals surface area contributed by atoms with Gasteiger partial charge < -0.3 is 14.9 Å². The zero-order valence-electron chi connectivity index (χ0n) is 12.9. The van der Waals surface area contributed by atoms with Crippen molar-refractivity contribution in [1.82, 2.24) is 15.5 Å². The normalized spacial score (nSPS) is 10.5. The van der Waals surface area contributed by atoms with Crippen LogP contribution in [0.4, 0.5) is 0 Å². The number of rotatable bonds is 8. The molecule has 2 N–H and O–H groups in total. The Kier molecular flexibility index (Phi) is 5.85. The highest BCUT2D eigenvalue weighted by Gasteiger charge is 2.06. The number of hydrogen-bond acceptors (Lipinski definition) is 5. The molecule has 2 rings (SSSR count). The van der Waals surface area contributed by atoms with E-state index in [1.165, 1.54) is 0 Å². The summed E-state index contributed by atoms with van der Waals surface area (Å²) in [6.07, 6.45) is 2.20. The van der Waals surface area contributed by atoms with Gasteiger partial charge in [-0.05, 0) is 37.5 Å². The lowest BCUT2D eigenvalue weighted by atomic mass is 10.1. The quantitative estimate of drug-likeness (QED) is 0.768. The van der Waals surface area contributed by atoms with Gasteiger partial charge in [0, 0.05) is 19.4 Å². The van der Waals surface area contributed by atoms with Crippen molar-refractivity contribution >= 4 is 11.9 Å². The summed E-state index contributed by atoms with van der Waals surface area (Å²) in [5, 5.41) is 15.4. The van der Waals surface area contributed by atoms with Crippen LogP contribution in [0.2, 0.25) is 0 Å². The average molecular weight is 317 g/mol. The molecule has 0 fully saturated rings. The summed E-state index contributed by atoms with van der Waals surface area (Å²) in [7, 11) is 0. The van der Waals surface area contributed by atoms with Crippen LogP contribution in [0, 0.1) is 6.92 Å². The van der Waals surface area contributed by atoms with Gasteiger partial charge in [0.15, 0.2) is 5.82 Å². The number of carboxylic acids is 1. The first-order chi connectivity index (χ1) is 11.0. The maximum absolute atomic E-state index is 11.7. The van der Waals surface area contributed by atoms with E-state index >= 15 is 0 Å². The second-order valence-electron chi connectivity index (χ2n) is 5.19. The van der Waals surface area contributed by atoms with E-state index < -0.39 is 5.97 Å². The molecule has 1 aromatic carbocycles. The molecular weight excluding hydrogens is 298 g/mol. The van der Waals surface area contributed by atoms with Crippen molar-refractivity contribution in [3.8, 4) is 0 Å². The number of aromatic nitrogens is 2. The molecule has 0 unspecified atom stereocenters. The van der Waals surface area contributed by atoms with Gasteiger partial charge >= 0.3 is 5.97 Å². The molecule has 0 radical (unpaired) electrons. The minimum Gasteiger partial charge on any atom is -0.478 e. The molecule has 0 atom stereocenters. The van der Waals surface area contributed by atoms with E-state index in [2.05, 4.69) is 15.5 Å². The summed E-state index contributed by atoms with van der Waals surface area (Å²) in [5.41, 5.74) is 1.13. The predicted molar refractivity (Wildman–Crippen MR) is 82.1 cm³/mol. The van der Waals surface area contributed by atoms with Gasteiger partial charge in [-0.3, -0.25) is 4.79 Å². The van der Waals surface area contributed by atoms with Crippen molar-refractivity contribution in [2.24, 2.45) is 0 Å². The Morgan fingerprint density at radius 2 is 2.13 bits per heavy atom. The predicted octanol–water partition coefficient (Wildman–Crippen LogP) is 1.76. The van der Waals surface area contributed by atoms with Crippen LogP contribution >= 0.6 is 0 Å². The maximum Gasteiger partial charge on any atom is 0.335 e. The molecule has 0 saturated carbocycles. The van der Waals surface area contributed by atoms with E-state index in [1.54, 1.807) is 25.1 Å². The number of carboxylic acid groups (broad SMARTS) is 1. The fraction of sp³-hybridized carbons (Fsp3) is 0.375. The topological polar surface area (TPSA) is 105 Å². The van der Waals surface area contributed by atoms with E-state index in [9.17, 15) is 9.59 Å². The summed E-state index contributed by atoms with van der Waals surface area (Å²) in [4.78, 5) is 26.7. The standard InChI is InChI=1S/C16H19N3O4/c1-11-18-15(23-19-11)7-3-6-14(20)17-9-8-12-4-2-5-13(10-12)16(21)22/h2,4-5,10H,3,6-9H2,1H3,(H,17,20)(H,21,22). The van der Waals surface area contributed by atoms with Gasteiger partial charge in [0.05, 0.1) is 5.56 Å². The fourth-order valence-corrected chi connectivity index (χ4v) is 2.14. The van der Waals surface area contributed by atoms with E-state index in [0.29, 0.717) is 43.9 Å². The Bertz CT molecular complexity index is 681. The minimum absolute atomic E-state index is 0.0457. The largest absolute Gasteiger partial charge is 0.478 e. The fourth-order valence-electron chi connectivity index (χ4n) is 2.14. The first-order valence-electron chi connectivity index (χ1n) is 7.42. The molecule has 1 heterocycles. The van der Waals surface area contributed by atoms with E-state index in [1.807, 2.05) is 6.07 Å². The second kappa shape index (κ2) is 8.07. The maximum atomic E-state index is 11.7. The van der Waals surface area contributed by atoms with Crippen molar-refractivity contribution < 1.29 is 19.2 Å². The minimum atomic E-state index is -0.952. The zero-order valence-corrected chi connectivity index (χ0v) is 12.9. The van der Waals surface area contributed by atoms with Crippen molar-refractivity contribution in [2.45, 2.75) is 32.6 Å². The number of aryl methyl sites for hydroxylation is 2.